The maximum Gasteiger partial charge on any atom is 0.303 e. The van der Waals surface area contributed by atoms with Crippen LogP contribution in [0.25, 0.3) is 0 Å². The lowest BCUT2D eigenvalue weighted by atomic mass is 9.96. The quantitative estimate of drug-likeness (QED) is 0.732. The number of hydrogen-bond donors (Lipinski definition) is 2. The first kappa shape index (κ1) is 16.0. The number of nitrogens with zero attached hydrogens (tertiary/aromatic N) is 1. The van der Waals surface area contributed by atoms with Crippen LogP contribution in [0.3, 0.4) is 0 Å². The Morgan fingerprint density at radius 3 is 2.47 bits per heavy atom. The fraction of sp³-hybridized carbons (Fsp3) is 0.857. The van der Waals surface area contributed by atoms with Crippen molar-refractivity contribution in [2.45, 2.75) is 39.5 Å². The van der Waals surface area contributed by atoms with Crippen molar-refractivity contribution < 1.29 is 14.7 Å². The number of aliphatic carboxylic acids is 1. The summed E-state index contributed by atoms with van der Waals surface area (Å²) in [5, 5.41) is 11.6. The average Bonchev–Trinajstić information content (AvgIpc) is 2.36. The Morgan fingerprint density at radius 2 is 1.95 bits per heavy atom. The molecule has 110 valence electrons. The molecule has 1 atom stereocenters. The first-order valence-corrected chi connectivity index (χ1v) is 7.22. The highest BCUT2D eigenvalue weighted by Crippen LogP contribution is 2.16. The van der Waals surface area contributed by atoms with Gasteiger partial charge in [-0.05, 0) is 44.3 Å². The number of carbonyl (C=O) groups is 2. The van der Waals surface area contributed by atoms with Crippen LogP contribution in [0, 0.1) is 11.8 Å². The molecule has 0 saturated carbocycles. The van der Waals surface area contributed by atoms with Crippen LogP contribution in [-0.2, 0) is 9.59 Å². The van der Waals surface area contributed by atoms with Crippen LogP contribution in [0.2, 0.25) is 0 Å². The zero-order valence-corrected chi connectivity index (χ0v) is 12.0. The summed E-state index contributed by atoms with van der Waals surface area (Å²) in [5.41, 5.74) is 0. The van der Waals surface area contributed by atoms with E-state index in [1.807, 2.05) is 0 Å². The molecule has 0 bridgehead atoms. The third-order valence-corrected chi connectivity index (χ3v) is 3.80. The number of carboxylic acids is 1. The van der Waals surface area contributed by atoms with Crippen molar-refractivity contribution in [3.8, 4) is 0 Å². The number of hydrogen-bond acceptors (Lipinski definition) is 3. The zero-order chi connectivity index (χ0) is 14.3. The molecule has 1 rings (SSSR count). The number of carbonyl (C=O) groups excluding carboxylic acids is 1. The number of amides is 1. The highest BCUT2D eigenvalue weighted by atomic mass is 16.4. The standard InChI is InChI=1S/C14H26N2O3/c1-3-16-6-4-12(5-7-16)10-15-13(17)8-11(2)9-14(18)19/h11-12H,3-10H2,1-2H3,(H,15,17)(H,18,19). The Balaban J connectivity index is 2.15. The summed E-state index contributed by atoms with van der Waals surface area (Å²) in [6.07, 6.45) is 2.64. The summed E-state index contributed by atoms with van der Waals surface area (Å²) in [5.74, 6) is -0.389. The summed E-state index contributed by atoms with van der Waals surface area (Å²) >= 11 is 0. The van der Waals surface area contributed by atoms with Gasteiger partial charge in [-0.3, -0.25) is 9.59 Å². The van der Waals surface area contributed by atoms with Crippen LogP contribution >= 0.6 is 0 Å². The van der Waals surface area contributed by atoms with Crippen molar-refractivity contribution in [2.75, 3.05) is 26.2 Å². The van der Waals surface area contributed by atoms with Crippen LogP contribution in [-0.4, -0.2) is 48.1 Å². The Bertz CT molecular complexity index is 299. The highest BCUT2D eigenvalue weighted by molar-refractivity contribution is 5.77. The summed E-state index contributed by atoms with van der Waals surface area (Å²) in [4.78, 5) is 24.6. The molecule has 1 unspecified atom stereocenters. The number of nitrogens with one attached hydrogen (secondary N) is 1. The van der Waals surface area contributed by atoms with Crippen molar-refractivity contribution in [3.63, 3.8) is 0 Å². The molecule has 0 spiro atoms. The molecule has 1 amide bonds. The number of likely N-dealkylation sites (tertiary alicyclic amines) is 1. The lowest BCUT2D eigenvalue weighted by Crippen LogP contribution is -2.38. The van der Waals surface area contributed by atoms with Crippen molar-refractivity contribution in [1.82, 2.24) is 10.2 Å². The normalized spacial score (nSPS) is 19.1. The summed E-state index contributed by atoms with van der Waals surface area (Å²) in [7, 11) is 0. The fourth-order valence-corrected chi connectivity index (χ4v) is 2.52. The molecular formula is C14H26N2O3. The van der Waals surface area contributed by atoms with Gasteiger partial charge in [0, 0.05) is 19.4 Å². The summed E-state index contributed by atoms with van der Waals surface area (Å²) in [6, 6.07) is 0. The Kier molecular flexibility index (Phi) is 6.84. The maximum atomic E-state index is 11.7. The van der Waals surface area contributed by atoms with Crippen molar-refractivity contribution in [2.24, 2.45) is 11.8 Å². The third kappa shape index (κ3) is 6.57. The molecular weight excluding hydrogens is 244 g/mol. The lowest BCUT2D eigenvalue weighted by molar-refractivity contribution is -0.138. The average molecular weight is 270 g/mol. The molecule has 0 aliphatic carbocycles. The van der Waals surface area contributed by atoms with Crippen LogP contribution in [0.4, 0.5) is 0 Å². The van der Waals surface area contributed by atoms with Crippen LogP contribution in [0.1, 0.15) is 39.5 Å². The maximum absolute atomic E-state index is 11.7. The molecule has 5 nitrogen and oxygen atoms in total. The first-order chi connectivity index (χ1) is 9.01. The summed E-state index contributed by atoms with van der Waals surface area (Å²) in [6.45, 7) is 8.04. The van der Waals surface area contributed by atoms with Gasteiger partial charge < -0.3 is 15.3 Å². The van der Waals surface area contributed by atoms with Crippen molar-refractivity contribution in [3.05, 3.63) is 0 Å². The number of carboxylic acid groups (broad SMARTS) is 1. The lowest BCUT2D eigenvalue weighted by Gasteiger charge is -2.31. The Morgan fingerprint density at radius 1 is 1.32 bits per heavy atom. The predicted molar refractivity (Wildman–Crippen MR) is 73.9 cm³/mol. The molecule has 1 fully saturated rings. The topological polar surface area (TPSA) is 69.6 Å². The first-order valence-electron chi connectivity index (χ1n) is 7.22. The van der Waals surface area contributed by atoms with Crippen molar-refractivity contribution in [1.29, 1.82) is 0 Å². The van der Waals surface area contributed by atoms with E-state index in [4.69, 9.17) is 5.11 Å². The van der Waals surface area contributed by atoms with E-state index in [9.17, 15) is 9.59 Å². The van der Waals surface area contributed by atoms with Gasteiger partial charge in [-0.1, -0.05) is 13.8 Å². The Hall–Kier alpha value is -1.10. The molecule has 19 heavy (non-hydrogen) atoms. The van der Waals surface area contributed by atoms with E-state index in [0.717, 1.165) is 39.0 Å². The van der Waals surface area contributed by atoms with Gasteiger partial charge in [-0.2, -0.15) is 0 Å². The van der Waals surface area contributed by atoms with Gasteiger partial charge in [0.05, 0.1) is 0 Å². The molecule has 0 aromatic rings. The van der Waals surface area contributed by atoms with Gasteiger partial charge in [0.2, 0.25) is 5.91 Å². The van der Waals surface area contributed by atoms with E-state index in [2.05, 4.69) is 17.1 Å². The number of rotatable bonds is 7. The number of piperidine rings is 1. The van der Waals surface area contributed by atoms with Crippen LogP contribution in [0.15, 0.2) is 0 Å². The largest absolute Gasteiger partial charge is 0.481 e. The molecule has 0 aromatic carbocycles. The van der Waals surface area contributed by atoms with Gasteiger partial charge in [-0.15, -0.1) is 0 Å². The van der Waals surface area contributed by atoms with Gasteiger partial charge >= 0.3 is 5.97 Å². The van der Waals surface area contributed by atoms with E-state index in [-0.39, 0.29) is 18.2 Å². The van der Waals surface area contributed by atoms with Gasteiger partial charge in [-0.25, -0.2) is 0 Å². The fourth-order valence-electron chi connectivity index (χ4n) is 2.52. The zero-order valence-electron chi connectivity index (χ0n) is 12.0. The molecule has 0 aromatic heterocycles. The molecule has 2 N–H and O–H groups in total. The van der Waals surface area contributed by atoms with Crippen LogP contribution in [0.5, 0.6) is 0 Å². The second-order valence-corrected chi connectivity index (χ2v) is 5.59. The Labute approximate surface area is 115 Å². The molecule has 1 heterocycles. The van der Waals surface area contributed by atoms with Crippen LogP contribution < -0.4 is 5.32 Å². The smallest absolute Gasteiger partial charge is 0.303 e. The minimum absolute atomic E-state index is 0.0216. The monoisotopic (exact) mass is 270 g/mol. The molecule has 1 aliphatic heterocycles. The van der Waals surface area contributed by atoms with Gasteiger partial charge in [0.1, 0.15) is 0 Å². The second-order valence-electron chi connectivity index (χ2n) is 5.59. The molecule has 5 heteroatoms. The van der Waals surface area contributed by atoms with E-state index >= 15 is 0 Å². The highest BCUT2D eigenvalue weighted by Gasteiger charge is 2.19. The van der Waals surface area contributed by atoms with E-state index in [1.54, 1.807) is 6.92 Å². The van der Waals surface area contributed by atoms with E-state index in [0.29, 0.717) is 12.3 Å². The van der Waals surface area contributed by atoms with E-state index < -0.39 is 5.97 Å². The third-order valence-electron chi connectivity index (χ3n) is 3.80. The van der Waals surface area contributed by atoms with Gasteiger partial charge in [0.15, 0.2) is 0 Å². The van der Waals surface area contributed by atoms with Crippen molar-refractivity contribution >= 4 is 11.9 Å². The minimum Gasteiger partial charge on any atom is -0.481 e. The minimum atomic E-state index is -0.841. The molecule has 0 radical (unpaired) electrons. The summed E-state index contributed by atoms with van der Waals surface area (Å²) < 4.78 is 0. The van der Waals surface area contributed by atoms with Gasteiger partial charge in [0.25, 0.3) is 0 Å². The second kappa shape index (κ2) is 8.15. The van der Waals surface area contributed by atoms with E-state index in [1.165, 1.54) is 0 Å². The molecule has 1 saturated heterocycles. The molecule has 1 aliphatic rings. The predicted octanol–water partition coefficient (Wildman–Crippen LogP) is 1.34. The SMILES string of the molecule is CCN1CCC(CNC(=O)CC(C)CC(=O)O)CC1.